The van der Waals surface area contributed by atoms with E-state index in [1.165, 1.54) is 6.26 Å². The van der Waals surface area contributed by atoms with Gasteiger partial charge in [0.25, 0.3) is 5.91 Å². The van der Waals surface area contributed by atoms with E-state index in [0.29, 0.717) is 18.6 Å². The van der Waals surface area contributed by atoms with E-state index in [-0.39, 0.29) is 12.5 Å². The summed E-state index contributed by atoms with van der Waals surface area (Å²) in [6.45, 7) is 2.49. The molecule has 0 aromatic rings. The van der Waals surface area contributed by atoms with Gasteiger partial charge in [-0.1, -0.05) is 0 Å². The number of aliphatic hydroxyl groups is 1. The van der Waals surface area contributed by atoms with Gasteiger partial charge in [0.05, 0.1) is 24.5 Å². The summed E-state index contributed by atoms with van der Waals surface area (Å²) in [5.41, 5.74) is 0.649. The third-order valence-corrected chi connectivity index (χ3v) is 1.56. The fraction of sp³-hybridized carbons (Fsp3) is 0.625. The quantitative estimate of drug-likeness (QED) is 0.617. The van der Waals surface area contributed by atoms with Gasteiger partial charge in [-0.2, -0.15) is 0 Å². The van der Waals surface area contributed by atoms with E-state index < -0.39 is 6.10 Å². The average Bonchev–Trinajstić information content (AvgIpc) is 2.51. The number of carbonyl (C=O) groups excluding carboxylic acids is 1. The summed E-state index contributed by atoms with van der Waals surface area (Å²) in [6, 6.07) is 0. The Morgan fingerprint density at radius 1 is 1.92 bits per heavy atom. The summed E-state index contributed by atoms with van der Waals surface area (Å²) in [5, 5.41) is 11.5. The molecular weight excluding hydrogens is 158 g/mol. The van der Waals surface area contributed by atoms with Crippen LogP contribution in [0.1, 0.15) is 13.3 Å². The smallest absolute Gasteiger partial charge is 0.250 e. The predicted molar refractivity (Wildman–Crippen MR) is 43.3 cm³/mol. The van der Waals surface area contributed by atoms with Crippen LogP contribution >= 0.6 is 0 Å². The molecular formula is C8H13NO3. The molecule has 4 nitrogen and oxygen atoms in total. The lowest BCUT2D eigenvalue weighted by molar-refractivity contribution is -0.118. The number of ether oxygens (including phenoxy) is 1. The molecule has 4 heteroatoms. The van der Waals surface area contributed by atoms with Gasteiger partial charge in [0.15, 0.2) is 0 Å². The summed E-state index contributed by atoms with van der Waals surface area (Å²) in [6.07, 6.45) is 1.63. The molecule has 2 N–H and O–H groups in total. The summed E-state index contributed by atoms with van der Waals surface area (Å²) < 4.78 is 4.90. The number of nitrogens with one attached hydrogen (secondary N) is 1. The fourth-order valence-electron chi connectivity index (χ4n) is 0.908. The molecule has 0 saturated heterocycles. The summed E-state index contributed by atoms with van der Waals surface area (Å²) in [7, 11) is 0. The average molecular weight is 171 g/mol. The largest absolute Gasteiger partial charge is 0.500 e. The van der Waals surface area contributed by atoms with Crippen LogP contribution in [-0.2, 0) is 9.53 Å². The Morgan fingerprint density at radius 3 is 3.17 bits per heavy atom. The van der Waals surface area contributed by atoms with E-state index in [1.807, 2.05) is 0 Å². The summed E-state index contributed by atoms with van der Waals surface area (Å²) in [5.74, 6) is -0.145. The molecule has 12 heavy (non-hydrogen) atoms. The highest BCUT2D eigenvalue weighted by molar-refractivity contribution is 5.93. The maximum atomic E-state index is 11.2. The molecule has 1 aliphatic heterocycles. The highest BCUT2D eigenvalue weighted by Crippen LogP contribution is 2.09. The third kappa shape index (κ3) is 2.54. The molecule has 1 heterocycles. The van der Waals surface area contributed by atoms with Gasteiger partial charge < -0.3 is 15.2 Å². The highest BCUT2D eigenvalue weighted by Gasteiger charge is 2.13. The second-order valence-corrected chi connectivity index (χ2v) is 2.82. The van der Waals surface area contributed by atoms with Crippen LogP contribution in [0, 0.1) is 0 Å². The predicted octanol–water partition coefficient (Wildman–Crippen LogP) is -0.212. The zero-order chi connectivity index (χ0) is 8.97. The highest BCUT2D eigenvalue weighted by atomic mass is 16.5. The van der Waals surface area contributed by atoms with Gasteiger partial charge in [0.1, 0.15) is 0 Å². The number of amides is 1. The molecule has 0 fully saturated rings. The monoisotopic (exact) mass is 171 g/mol. The van der Waals surface area contributed by atoms with Crippen molar-refractivity contribution in [2.75, 3.05) is 13.2 Å². The Kier molecular flexibility index (Phi) is 3.10. The van der Waals surface area contributed by atoms with E-state index in [4.69, 9.17) is 9.84 Å². The number of rotatable bonds is 3. The minimum Gasteiger partial charge on any atom is -0.500 e. The van der Waals surface area contributed by atoms with Crippen molar-refractivity contribution in [1.29, 1.82) is 0 Å². The molecule has 0 aromatic carbocycles. The normalized spacial score (nSPS) is 18.0. The molecule has 1 rings (SSSR count). The van der Waals surface area contributed by atoms with Gasteiger partial charge in [-0.3, -0.25) is 4.79 Å². The van der Waals surface area contributed by atoms with Crippen LogP contribution in [0.5, 0.6) is 0 Å². The molecule has 0 unspecified atom stereocenters. The van der Waals surface area contributed by atoms with Crippen LogP contribution in [0.25, 0.3) is 0 Å². The minimum absolute atomic E-state index is 0.145. The molecule has 0 saturated carbocycles. The van der Waals surface area contributed by atoms with Crippen molar-refractivity contribution in [2.45, 2.75) is 19.4 Å². The molecule has 0 radical (unpaired) electrons. The van der Waals surface area contributed by atoms with Crippen LogP contribution in [0.15, 0.2) is 11.8 Å². The van der Waals surface area contributed by atoms with Gasteiger partial charge in [0, 0.05) is 13.0 Å². The zero-order valence-corrected chi connectivity index (χ0v) is 7.04. The Bertz CT molecular complexity index is 198. The molecule has 1 amide bonds. The van der Waals surface area contributed by atoms with Crippen LogP contribution in [0.3, 0.4) is 0 Å². The standard InChI is InChI=1S/C8H13NO3/c1-6(10)4-9-8(11)7-2-3-12-5-7/h5-6,10H,2-4H2,1H3,(H,9,11)/t6-/m1/s1. The number of carbonyl (C=O) groups is 1. The first-order valence-corrected chi connectivity index (χ1v) is 3.97. The van der Waals surface area contributed by atoms with Crippen molar-refractivity contribution < 1.29 is 14.6 Å². The van der Waals surface area contributed by atoms with Crippen LogP contribution in [0.2, 0.25) is 0 Å². The lowest BCUT2D eigenvalue weighted by Crippen LogP contribution is -2.31. The molecule has 68 valence electrons. The molecule has 0 spiro atoms. The van der Waals surface area contributed by atoms with E-state index in [9.17, 15) is 4.79 Å². The first-order chi connectivity index (χ1) is 5.70. The zero-order valence-electron chi connectivity index (χ0n) is 7.04. The second-order valence-electron chi connectivity index (χ2n) is 2.82. The van der Waals surface area contributed by atoms with Gasteiger partial charge in [-0.15, -0.1) is 0 Å². The minimum atomic E-state index is -0.503. The number of hydrogen-bond acceptors (Lipinski definition) is 3. The van der Waals surface area contributed by atoms with E-state index in [1.54, 1.807) is 6.92 Å². The fourth-order valence-corrected chi connectivity index (χ4v) is 0.908. The second kappa shape index (κ2) is 4.11. The lowest BCUT2D eigenvalue weighted by Gasteiger charge is -2.05. The summed E-state index contributed by atoms with van der Waals surface area (Å²) in [4.78, 5) is 11.2. The molecule has 0 aliphatic carbocycles. The number of aliphatic hydroxyl groups excluding tert-OH is 1. The summed E-state index contributed by atoms with van der Waals surface area (Å²) >= 11 is 0. The lowest BCUT2D eigenvalue weighted by atomic mass is 10.2. The van der Waals surface area contributed by atoms with Crippen molar-refractivity contribution in [3.8, 4) is 0 Å². The maximum Gasteiger partial charge on any atom is 0.250 e. The topological polar surface area (TPSA) is 58.6 Å². The van der Waals surface area contributed by atoms with E-state index in [0.717, 1.165) is 0 Å². The Balaban J connectivity index is 2.28. The molecule has 0 aromatic heterocycles. The SMILES string of the molecule is C[C@@H](O)CNC(=O)C1=COCC1. The molecule has 0 bridgehead atoms. The van der Waals surface area contributed by atoms with Crippen molar-refractivity contribution in [2.24, 2.45) is 0 Å². The van der Waals surface area contributed by atoms with Crippen LogP contribution < -0.4 is 5.32 Å². The van der Waals surface area contributed by atoms with Gasteiger partial charge >= 0.3 is 0 Å². The Labute approximate surface area is 71.2 Å². The van der Waals surface area contributed by atoms with E-state index >= 15 is 0 Å². The van der Waals surface area contributed by atoms with E-state index in [2.05, 4.69) is 5.32 Å². The Hall–Kier alpha value is -1.03. The van der Waals surface area contributed by atoms with Crippen molar-refractivity contribution >= 4 is 5.91 Å². The molecule has 1 atom stereocenters. The van der Waals surface area contributed by atoms with Crippen LogP contribution in [-0.4, -0.2) is 30.3 Å². The maximum absolute atomic E-state index is 11.2. The third-order valence-electron chi connectivity index (χ3n) is 1.56. The van der Waals surface area contributed by atoms with Crippen molar-refractivity contribution in [3.05, 3.63) is 11.8 Å². The van der Waals surface area contributed by atoms with Gasteiger partial charge in [-0.25, -0.2) is 0 Å². The number of hydrogen-bond donors (Lipinski definition) is 2. The van der Waals surface area contributed by atoms with Crippen LogP contribution in [0.4, 0.5) is 0 Å². The first kappa shape index (κ1) is 9.06. The van der Waals surface area contributed by atoms with Crippen molar-refractivity contribution in [3.63, 3.8) is 0 Å². The Morgan fingerprint density at radius 2 is 2.67 bits per heavy atom. The van der Waals surface area contributed by atoms with Gasteiger partial charge in [-0.05, 0) is 6.92 Å². The molecule has 1 aliphatic rings. The van der Waals surface area contributed by atoms with Gasteiger partial charge in [0.2, 0.25) is 0 Å². The first-order valence-electron chi connectivity index (χ1n) is 3.97. The van der Waals surface area contributed by atoms with Crippen molar-refractivity contribution in [1.82, 2.24) is 5.32 Å².